The summed E-state index contributed by atoms with van der Waals surface area (Å²) in [5.74, 6) is 2.14. The van der Waals surface area contributed by atoms with Gasteiger partial charge in [-0.3, -0.25) is 0 Å². The van der Waals surface area contributed by atoms with Crippen LogP contribution in [0.15, 0.2) is 28.7 Å². The van der Waals surface area contributed by atoms with Crippen LogP contribution in [0, 0.1) is 6.92 Å². The molecule has 0 aliphatic heterocycles. The SMILES string of the molecule is COCCOc1ccc(-c2oc(C)nc2CN)cc1. The van der Waals surface area contributed by atoms with Crippen LogP contribution >= 0.6 is 0 Å². The Bertz CT molecular complexity index is 520. The van der Waals surface area contributed by atoms with E-state index in [1.165, 1.54) is 0 Å². The summed E-state index contributed by atoms with van der Waals surface area (Å²) in [5.41, 5.74) is 7.36. The second-order valence-corrected chi connectivity index (χ2v) is 4.08. The van der Waals surface area contributed by atoms with Crippen molar-refractivity contribution in [2.24, 2.45) is 5.73 Å². The Morgan fingerprint density at radius 3 is 2.58 bits per heavy atom. The smallest absolute Gasteiger partial charge is 0.192 e. The Balaban J connectivity index is 2.13. The summed E-state index contributed by atoms with van der Waals surface area (Å²) in [6.45, 7) is 3.27. The van der Waals surface area contributed by atoms with E-state index in [9.17, 15) is 0 Å². The van der Waals surface area contributed by atoms with Gasteiger partial charge in [0.15, 0.2) is 11.7 Å². The van der Waals surface area contributed by atoms with Crippen LogP contribution in [0.25, 0.3) is 11.3 Å². The quantitative estimate of drug-likeness (QED) is 0.807. The summed E-state index contributed by atoms with van der Waals surface area (Å²) < 4.78 is 16.0. The molecule has 19 heavy (non-hydrogen) atoms. The molecule has 0 atom stereocenters. The van der Waals surface area contributed by atoms with Gasteiger partial charge in [0, 0.05) is 26.1 Å². The van der Waals surface area contributed by atoms with E-state index in [-0.39, 0.29) is 0 Å². The maximum absolute atomic E-state index is 5.65. The van der Waals surface area contributed by atoms with Crippen molar-refractivity contribution in [1.82, 2.24) is 4.98 Å². The van der Waals surface area contributed by atoms with Crippen molar-refractivity contribution in [2.45, 2.75) is 13.5 Å². The van der Waals surface area contributed by atoms with Crippen molar-refractivity contribution < 1.29 is 13.9 Å². The minimum Gasteiger partial charge on any atom is -0.491 e. The number of methoxy groups -OCH3 is 1. The lowest BCUT2D eigenvalue weighted by Gasteiger charge is -2.06. The van der Waals surface area contributed by atoms with Gasteiger partial charge in [0.1, 0.15) is 18.1 Å². The van der Waals surface area contributed by atoms with Crippen molar-refractivity contribution >= 4 is 0 Å². The fourth-order valence-electron chi connectivity index (χ4n) is 1.78. The molecule has 0 radical (unpaired) electrons. The third-order valence-electron chi connectivity index (χ3n) is 2.67. The monoisotopic (exact) mass is 262 g/mol. The Labute approximate surface area is 112 Å². The lowest BCUT2D eigenvalue weighted by Crippen LogP contribution is -2.04. The van der Waals surface area contributed by atoms with Crippen molar-refractivity contribution in [3.05, 3.63) is 35.9 Å². The molecule has 0 aliphatic carbocycles. The number of nitrogens with zero attached hydrogens (tertiary/aromatic N) is 1. The Morgan fingerprint density at radius 2 is 1.95 bits per heavy atom. The van der Waals surface area contributed by atoms with Gasteiger partial charge in [0.25, 0.3) is 0 Å². The number of aryl methyl sites for hydroxylation is 1. The van der Waals surface area contributed by atoms with Crippen molar-refractivity contribution in [3.8, 4) is 17.1 Å². The molecule has 5 heteroatoms. The zero-order chi connectivity index (χ0) is 13.7. The number of benzene rings is 1. The highest BCUT2D eigenvalue weighted by Crippen LogP contribution is 2.26. The number of nitrogens with two attached hydrogens (primary N) is 1. The van der Waals surface area contributed by atoms with Crippen LogP contribution < -0.4 is 10.5 Å². The fraction of sp³-hybridized carbons (Fsp3) is 0.357. The zero-order valence-corrected chi connectivity index (χ0v) is 11.2. The molecule has 0 bridgehead atoms. The number of aromatic nitrogens is 1. The molecule has 102 valence electrons. The molecule has 0 saturated carbocycles. The third kappa shape index (κ3) is 3.33. The molecule has 5 nitrogen and oxygen atoms in total. The van der Waals surface area contributed by atoms with Crippen LogP contribution in [0.3, 0.4) is 0 Å². The summed E-state index contributed by atoms with van der Waals surface area (Å²) in [7, 11) is 1.65. The fourth-order valence-corrected chi connectivity index (χ4v) is 1.78. The summed E-state index contributed by atoms with van der Waals surface area (Å²) >= 11 is 0. The molecule has 0 amide bonds. The van der Waals surface area contributed by atoms with Crippen LogP contribution in [0.4, 0.5) is 0 Å². The van der Waals surface area contributed by atoms with Crippen LogP contribution in [0.1, 0.15) is 11.6 Å². The highest BCUT2D eigenvalue weighted by Gasteiger charge is 2.11. The molecular formula is C14H18N2O3. The molecule has 1 heterocycles. The first-order chi connectivity index (χ1) is 9.24. The van der Waals surface area contributed by atoms with Gasteiger partial charge in [-0.1, -0.05) is 0 Å². The van der Waals surface area contributed by atoms with Gasteiger partial charge in [-0.25, -0.2) is 4.98 Å². The Kier molecular flexibility index (Phi) is 4.54. The lowest BCUT2D eigenvalue weighted by atomic mass is 10.1. The Hall–Kier alpha value is -1.85. The maximum atomic E-state index is 5.65. The normalized spacial score (nSPS) is 10.7. The zero-order valence-electron chi connectivity index (χ0n) is 11.2. The predicted molar refractivity (Wildman–Crippen MR) is 71.9 cm³/mol. The topological polar surface area (TPSA) is 70.5 Å². The standard InChI is InChI=1S/C14H18N2O3/c1-10-16-13(9-15)14(19-10)11-3-5-12(6-4-11)18-8-7-17-2/h3-6H,7-9,15H2,1-2H3. The molecule has 0 saturated heterocycles. The molecule has 0 unspecified atom stereocenters. The molecule has 2 N–H and O–H groups in total. The third-order valence-corrected chi connectivity index (χ3v) is 2.67. The first-order valence-electron chi connectivity index (χ1n) is 6.13. The van der Waals surface area contributed by atoms with E-state index in [2.05, 4.69) is 4.98 Å². The molecule has 2 aromatic rings. The van der Waals surface area contributed by atoms with Gasteiger partial charge in [0.05, 0.1) is 6.61 Å². The van der Waals surface area contributed by atoms with Gasteiger partial charge in [-0.2, -0.15) is 0 Å². The van der Waals surface area contributed by atoms with Gasteiger partial charge >= 0.3 is 0 Å². The second kappa shape index (κ2) is 6.36. The minimum atomic E-state index is 0.360. The Morgan fingerprint density at radius 1 is 1.21 bits per heavy atom. The maximum Gasteiger partial charge on any atom is 0.192 e. The van der Waals surface area contributed by atoms with Crippen molar-refractivity contribution in [2.75, 3.05) is 20.3 Å². The van der Waals surface area contributed by atoms with Gasteiger partial charge < -0.3 is 19.6 Å². The second-order valence-electron chi connectivity index (χ2n) is 4.08. The molecule has 0 aliphatic rings. The summed E-state index contributed by atoms with van der Waals surface area (Å²) in [5, 5.41) is 0. The van der Waals surface area contributed by atoms with Crippen LogP contribution in [0.5, 0.6) is 5.75 Å². The molecule has 2 rings (SSSR count). The predicted octanol–water partition coefficient (Wildman–Crippen LogP) is 2.13. The minimum absolute atomic E-state index is 0.360. The highest BCUT2D eigenvalue weighted by atomic mass is 16.5. The summed E-state index contributed by atoms with van der Waals surface area (Å²) in [6, 6.07) is 7.65. The van der Waals surface area contributed by atoms with Crippen LogP contribution in [-0.2, 0) is 11.3 Å². The lowest BCUT2D eigenvalue weighted by molar-refractivity contribution is 0.146. The van der Waals surface area contributed by atoms with E-state index in [4.69, 9.17) is 19.6 Å². The largest absolute Gasteiger partial charge is 0.491 e. The van der Waals surface area contributed by atoms with Crippen LogP contribution in [-0.4, -0.2) is 25.3 Å². The van der Waals surface area contributed by atoms with Gasteiger partial charge in [-0.15, -0.1) is 0 Å². The number of hydrogen-bond acceptors (Lipinski definition) is 5. The van der Waals surface area contributed by atoms with E-state index >= 15 is 0 Å². The average molecular weight is 262 g/mol. The summed E-state index contributed by atoms with van der Waals surface area (Å²) in [4.78, 5) is 4.25. The molecule has 1 aromatic carbocycles. The van der Waals surface area contributed by atoms with E-state index in [1.807, 2.05) is 31.2 Å². The van der Waals surface area contributed by atoms with E-state index in [0.29, 0.717) is 25.6 Å². The number of rotatable bonds is 6. The number of ether oxygens (including phenoxy) is 2. The molecule has 0 fully saturated rings. The van der Waals surface area contributed by atoms with E-state index in [1.54, 1.807) is 7.11 Å². The molecule has 0 spiro atoms. The van der Waals surface area contributed by atoms with Crippen molar-refractivity contribution in [3.63, 3.8) is 0 Å². The van der Waals surface area contributed by atoms with E-state index in [0.717, 1.165) is 22.8 Å². The first-order valence-corrected chi connectivity index (χ1v) is 6.13. The average Bonchev–Trinajstić information content (AvgIpc) is 2.81. The van der Waals surface area contributed by atoms with Crippen LogP contribution in [0.2, 0.25) is 0 Å². The van der Waals surface area contributed by atoms with Gasteiger partial charge in [0.2, 0.25) is 0 Å². The van der Waals surface area contributed by atoms with Gasteiger partial charge in [-0.05, 0) is 24.3 Å². The number of oxazole rings is 1. The first kappa shape index (κ1) is 13.6. The number of hydrogen-bond donors (Lipinski definition) is 1. The summed E-state index contributed by atoms with van der Waals surface area (Å²) in [6.07, 6.45) is 0. The molecular weight excluding hydrogens is 244 g/mol. The highest BCUT2D eigenvalue weighted by molar-refractivity contribution is 5.60. The van der Waals surface area contributed by atoms with E-state index < -0.39 is 0 Å². The van der Waals surface area contributed by atoms with Crippen molar-refractivity contribution in [1.29, 1.82) is 0 Å². The molecule has 1 aromatic heterocycles.